The summed E-state index contributed by atoms with van der Waals surface area (Å²) in [5.41, 5.74) is -2.74. The number of rotatable bonds is 12. The summed E-state index contributed by atoms with van der Waals surface area (Å²) in [5.74, 6) is -5.02. The highest BCUT2D eigenvalue weighted by atomic mass is 17.0. The van der Waals surface area contributed by atoms with Crippen molar-refractivity contribution in [2.75, 3.05) is 26.4 Å². The lowest BCUT2D eigenvalue weighted by molar-refractivity contribution is -0.417. The van der Waals surface area contributed by atoms with Gasteiger partial charge in [-0.3, -0.25) is 19.3 Å². The second-order valence-electron chi connectivity index (χ2n) is 4.51. The Labute approximate surface area is 142 Å². The number of hydrogen-bond acceptors (Lipinski definition) is 10. The van der Waals surface area contributed by atoms with Crippen LogP contribution >= 0.6 is 0 Å². The first-order chi connectivity index (χ1) is 11.5. The molecule has 1 atom stereocenters. The van der Waals surface area contributed by atoms with E-state index in [0.717, 1.165) is 5.23 Å². The normalized spacial score (nSPS) is 12.2. The van der Waals surface area contributed by atoms with Crippen LogP contribution < -0.4 is 0 Å². The number of hydroxylamine groups is 2. The molecule has 0 radical (unpaired) electrons. The van der Waals surface area contributed by atoms with Crippen LogP contribution in [0.3, 0.4) is 0 Å². The average molecular weight is 373 g/mol. The quantitative estimate of drug-likeness (QED) is 0.136. The second-order valence-corrected chi connectivity index (χ2v) is 4.51. The number of aliphatic carboxylic acids is 3. The van der Waals surface area contributed by atoms with Crippen molar-refractivity contribution in [3.63, 3.8) is 0 Å². The molecule has 0 spiro atoms. The third-order valence-corrected chi connectivity index (χ3v) is 2.21. The van der Waals surface area contributed by atoms with E-state index in [1.54, 1.807) is 0 Å². The van der Waals surface area contributed by atoms with Gasteiger partial charge in [0.1, 0.15) is 0 Å². The molecule has 0 fully saturated rings. The molecule has 0 aromatic rings. The molecule has 0 amide bonds. The molecule has 13 nitrogen and oxygen atoms in total. The Morgan fingerprint density at radius 2 is 1.32 bits per heavy atom. The van der Waals surface area contributed by atoms with Gasteiger partial charge in [0.2, 0.25) is 0 Å². The zero-order valence-electron chi connectivity index (χ0n) is 13.4. The van der Waals surface area contributed by atoms with Gasteiger partial charge in [-0.2, -0.15) is 0 Å². The van der Waals surface area contributed by atoms with E-state index in [1.165, 1.54) is 6.92 Å². The average Bonchev–Trinajstić information content (AvgIpc) is 2.45. The molecular formula is C12H23NO12. The van der Waals surface area contributed by atoms with Gasteiger partial charge >= 0.3 is 17.9 Å². The summed E-state index contributed by atoms with van der Waals surface area (Å²) in [6.07, 6.45) is -3.23. The van der Waals surface area contributed by atoms with Crippen molar-refractivity contribution < 1.29 is 59.8 Å². The summed E-state index contributed by atoms with van der Waals surface area (Å²) in [4.78, 5) is 40.0. The molecule has 7 N–H and O–H groups in total. The molecule has 0 aliphatic carbocycles. The van der Waals surface area contributed by atoms with Gasteiger partial charge in [-0.05, 0) is 12.2 Å². The number of hydrogen-bond donors (Lipinski definition) is 7. The van der Waals surface area contributed by atoms with Crippen molar-refractivity contribution in [1.82, 2.24) is 5.23 Å². The predicted molar refractivity (Wildman–Crippen MR) is 76.7 cm³/mol. The van der Waals surface area contributed by atoms with Crippen molar-refractivity contribution in [2.45, 2.75) is 31.6 Å². The van der Waals surface area contributed by atoms with Gasteiger partial charge in [0.25, 0.3) is 0 Å². The van der Waals surface area contributed by atoms with E-state index in [1.807, 2.05) is 0 Å². The van der Waals surface area contributed by atoms with Gasteiger partial charge in [-0.15, -0.1) is 0 Å². The highest BCUT2D eigenvalue weighted by Gasteiger charge is 2.40. The first kappa shape index (κ1) is 25.4. The van der Waals surface area contributed by atoms with E-state index in [2.05, 4.69) is 0 Å². The van der Waals surface area contributed by atoms with Crippen LogP contribution in [0.2, 0.25) is 0 Å². The standard InChI is InChI=1S/C6H15NO5.C6H8O7/c1-6(10)7(11-4-2-8)12-5-3-9;7-3(8)1-6(13,5(11)12)2-4(9)10/h6,8-10H,2-5H2,1H3;13H,1-2H2,(H,7,8)(H,9,10)(H,11,12). The molecule has 0 aromatic heterocycles. The molecule has 0 aliphatic heterocycles. The van der Waals surface area contributed by atoms with E-state index in [-0.39, 0.29) is 26.4 Å². The highest BCUT2D eigenvalue weighted by Crippen LogP contribution is 2.15. The first-order valence-corrected chi connectivity index (χ1v) is 6.84. The fraction of sp³-hybridized carbons (Fsp3) is 0.750. The van der Waals surface area contributed by atoms with E-state index >= 15 is 0 Å². The molecule has 0 bridgehead atoms. The van der Waals surface area contributed by atoms with Gasteiger partial charge in [0.15, 0.2) is 11.8 Å². The Kier molecular flexibility index (Phi) is 13.6. The second kappa shape index (κ2) is 13.4. The summed E-state index contributed by atoms with van der Waals surface area (Å²) in [7, 11) is 0. The maximum Gasteiger partial charge on any atom is 0.336 e. The number of aliphatic hydroxyl groups excluding tert-OH is 3. The van der Waals surface area contributed by atoms with Gasteiger partial charge in [-0.1, -0.05) is 0 Å². The van der Waals surface area contributed by atoms with Gasteiger partial charge < -0.3 is 35.7 Å². The Hall–Kier alpha value is -1.87. The zero-order chi connectivity index (χ0) is 20.0. The summed E-state index contributed by atoms with van der Waals surface area (Å²) in [5, 5.41) is 60.4. The van der Waals surface area contributed by atoms with Crippen LogP contribution in [0.15, 0.2) is 0 Å². The Morgan fingerprint density at radius 3 is 1.52 bits per heavy atom. The molecule has 0 aliphatic rings. The molecule has 25 heavy (non-hydrogen) atoms. The zero-order valence-corrected chi connectivity index (χ0v) is 13.4. The lowest BCUT2D eigenvalue weighted by atomic mass is 9.96. The van der Waals surface area contributed by atoms with Crippen molar-refractivity contribution >= 4 is 17.9 Å². The summed E-state index contributed by atoms with van der Waals surface area (Å²) >= 11 is 0. The van der Waals surface area contributed by atoms with Crippen LogP contribution in [-0.4, -0.2) is 97.1 Å². The van der Waals surface area contributed by atoms with Gasteiger partial charge in [0, 0.05) is 0 Å². The van der Waals surface area contributed by atoms with Crippen LogP contribution in [0.25, 0.3) is 0 Å². The summed E-state index contributed by atoms with van der Waals surface area (Å²) in [6.45, 7) is 1.19. The van der Waals surface area contributed by atoms with Crippen molar-refractivity contribution in [1.29, 1.82) is 0 Å². The van der Waals surface area contributed by atoms with Crippen LogP contribution in [-0.2, 0) is 24.1 Å². The number of nitrogens with zero attached hydrogens (tertiary/aromatic N) is 1. The molecule has 0 rings (SSSR count). The first-order valence-electron chi connectivity index (χ1n) is 6.84. The molecule has 0 saturated heterocycles. The van der Waals surface area contributed by atoms with E-state index in [9.17, 15) is 14.4 Å². The summed E-state index contributed by atoms with van der Waals surface area (Å²) < 4.78 is 0. The molecule has 148 valence electrons. The van der Waals surface area contributed by atoms with Crippen molar-refractivity contribution in [3.8, 4) is 0 Å². The van der Waals surface area contributed by atoms with Crippen molar-refractivity contribution in [2.24, 2.45) is 0 Å². The minimum absolute atomic E-state index is 0.0380. The smallest absolute Gasteiger partial charge is 0.336 e. The van der Waals surface area contributed by atoms with Gasteiger partial charge in [0.05, 0.1) is 39.3 Å². The molecule has 0 heterocycles. The third kappa shape index (κ3) is 13.1. The Balaban J connectivity index is 0. The fourth-order valence-corrected chi connectivity index (χ4v) is 1.23. The minimum atomic E-state index is -2.74. The highest BCUT2D eigenvalue weighted by molar-refractivity contribution is 5.88. The van der Waals surface area contributed by atoms with Crippen LogP contribution in [0, 0.1) is 0 Å². The largest absolute Gasteiger partial charge is 0.481 e. The maximum absolute atomic E-state index is 10.3. The minimum Gasteiger partial charge on any atom is -0.481 e. The molecule has 0 aromatic carbocycles. The lowest BCUT2D eigenvalue weighted by Gasteiger charge is -2.22. The maximum atomic E-state index is 10.3. The topological polar surface area (TPSA) is 215 Å². The van der Waals surface area contributed by atoms with E-state index < -0.39 is 42.6 Å². The number of carboxylic acid groups (broad SMARTS) is 3. The Morgan fingerprint density at radius 1 is 0.960 bits per heavy atom. The van der Waals surface area contributed by atoms with Gasteiger partial charge in [-0.25, -0.2) is 4.79 Å². The van der Waals surface area contributed by atoms with Crippen molar-refractivity contribution in [3.05, 3.63) is 0 Å². The number of carboxylic acids is 3. The molecule has 13 heteroatoms. The molecule has 1 unspecified atom stereocenters. The van der Waals surface area contributed by atoms with Crippen LogP contribution in [0.5, 0.6) is 0 Å². The Bertz CT molecular complexity index is 389. The third-order valence-electron chi connectivity index (χ3n) is 2.21. The number of aliphatic hydroxyl groups is 4. The van der Waals surface area contributed by atoms with Crippen LogP contribution in [0.4, 0.5) is 0 Å². The van der Waals surface area contributed by atoms with E-state index in [0.29, 0.717) is 0 Å². The van der Waals surface area contributed by atoms with E-state index in [4.69, 9.17) is 45.4 Å². The lowest BCUT2D eigenvalue weighted by Crippen LogP contribution is -2.42. The van der Waals surface area contributed by atoms with Crippen LogP contribution in [0.1, 0.15) is 19.8 Å². The molecule has 0 saturated carbocycles. The number of carbonyl (C=O) groups is 3. The summed E-state index contributed by atoms with van der Waals surface area (Å²) in [6, 6.07) is 0. The SMILES string of the molecule is CC(O)N(OCCO)OCCO.O=C(O)CC(O)(CC(=O)O)C(=O)O. The monoisotopic (exact) mass is 373 g/mol. The predicted octanol–water partition coefficient (Wildman–Crippen LogP) is -2.77. The fourth-order valence-electron chi connectivity index (χ4n) is 1.23. The molecular weight excluding hydrogens is 350 g/mol.